The van der Waals surface area contributed by atoms with Gasteiger partial charge in [0.25, 0.3) is 0 Å². The summed E-state index contributed by atoms with van der Waals surface area (Å²) in [6, 6.07) is 8.71. The average molecular weight is 300 g/mol. The number of benzene rings is 1. The fourth-order valence-electron chi connectivity index (χ4n) is 1.69. The maximum atomic E-state index is 8.98. The summed E-state index contributed by atoms with van der Waals surface area (Å²) in [5.41, 5.74) is 1.42. The van der Waals surface area contributed by atoms with Crippen molar-refractivity contribution in [2.75, 3.05) is 13.2 Å². The van der Waals surface area contributed by atoms with E-state index in [1.807, 2.05) is 0 Å². The molecule has 17 heavy (non-hydrogen) atoms. The number of hydrogen-bond acceptors (Lipinski definition) is 2. The highest BCUT2D eigenvalue weighted by Gasteiger charge is 2.18. The molecule has 0 aromatic heterocycles. The minimum absolute atomic E-state index is 0.137. The van der Waals surface area contributed by atoms with Crippen LogP contribution in [0.4, 0.5) is 0 Å². The van der Waals surface area contributed by atoms with Gasteiger partial charge in [-0.25, -0.2) is 0 Å². The largest absolute Gasteiger partial charge is 0.396 e. The molecule has 0 aliphatic heterocycles. The van der Waals surface area contributed by atoms with Gasteiger partial charge in [-0.1, -0.05) is 41.9 Å². The molecule has 2 N–H and O–H groups in total. The van der Waals surface area contributed by atoms with Gasteiger partial charge < -0.3 is 10.4 Å². The molecule has 0 fully saturated rings. The topological polar surface area (TPSA) is 32.3 Å². The van der Waals surface area contributed by atoms with Crippen LogP contribution in [-0.4, -0.2) is 18.3 Å². The summed E-state index contributed by atoms with van der Waals surface area (Å²) in [5.74, 6) is 0. The second-order valence-corrected chi connectivity index (χ2v) is 6.21. The van der Waals surface area contributed by atoms with Crippen LogP contribution in [0, 0.1) is 5.41 Å². The molecular formula is C14H22BrNO. The molecule has 1 atom stereocenters. The minimum atomic E-state index is 0.137. The van der Waals surface area contributed by atoms with Crippen molar-refractivity contribution < 1.29 is 5.11 Å². The number of halogens is 1. The smallest absolute Gasteiger partial charge is 0.0436 e. The summed E-state index contributed by atoms with van der Waals surface area (Å²) in [6.07, 6.45) is 0.826. The normalized spacial score (nSPS) is 13.7. The van der Waals surface area contributed by atoms with Gasteiger partial charge in [-0.2, -0.15) is 0 Å². The highest BCUT2D eigenvalue weighted by Crippen LogP contribution is 2.21. The maximum Gasteiger partial charge on any atom is 0.0436 e. The molecule has 0 amide bonds. The molecule has 0 aliphatic rings. The van der Waals surface area contributed by atoms with Gasteiger partial charge in [0.15, 0.2) is 0 Å². The van der Waals surface area contributed by atoms with Crippen LogP contribution >= 0.6 is 15.9 Å². The zero-order valence-corrected chi connectivity index (χ0v) is 12.4. The Balaban J connectivity index is 2.49. The summed E-state index contributed by atoms with van der Waals surface area (Å²) < 4.78 is 1.11. The summed E-state index contributed by atoms with van der Waals surface area (Å²) in [4.78, 5) is 0. The van der Waals surface area contributed by atoms with Crippen molar-refractivity contribution in [1.29, 1.82) is 0 Å². The van der Waals surface area contributed by atoms with Crippen molar-refractivity contribution in [1.82, 2.24) is 5.32 Å². The molecule has 0 saturated heterocycles. The van der Waals surface area contributed by atoms with Gasteiger partial charge in [-0.05, 0) is 36.5 Å². The van der Waals surface area contributed by atoms with Crippen LogP contribution in [0.1, 0.15) is 38.8 Å². The first-order chi connectivity index (χ1) is 7.94. The van der Waals surface area contributed by atoms with E-state index in [0.29, 0.717) is 6.04 Å². The number of nitrogens with one attached hydrogen (secondary N) is 1. The van der Waals surface area contributed by atoms with Crippen LogP contribution in [0.2, 0.25) is 0 Å². The molecule has 0 aliphatic carbocycles. The van der Waals surface area contributed by atoms with Crippen LogP contribution in [0.5, 0.6) is 0 Å². The number of aliphatic hydroxyl groups excluding tert-OH is 1. The average Bonchev–Trinajstić information content (AvgIpc) is 2.27. The Morgan fingerprint density at radius 3 is 2.41 bits per heavy atom. The van der Waals surface area contributed by atoms with Gasteiger partial charge in [0.2, 0.25) is 0 Å². The van der Waals surface area contributed by atoms with Crippen molar-refractivity contribution in [3.05, 3.63) is 34.3 Å². The Morgan fingerprint density at radius 2 is 1.88 bits per heavy atom. The van der Waals surface area contributed by atoms with Gasteiger partial charge in [0, 0.05) is 23.7 Å². The van der Waals surface area contributed by atoms with E-state index in [1.54, 1.807) is 0 Å². The van der Waals surface area contributed by atoms with Crippen LogP contribution < -0.4 is 5.32 Å². The lowest BCUT2D eigenvalue weighted by Crippen LogP contribution is -2.32. The van der Waals surface area contributed by atoms with E-state index in [0.717, 1.165) is 17.4 Å². The molecule has 0 spiro atoms. The molecule has 0 saturated carbocycles. The fraction of sp³-hybridized carbons (Fsp3) is 0.571. The van der Waals surface area contributed by atoms with Crippen LogP contribution in [0.25, 0.3) is 0 Å². The van der Waals surface area contributed by atoms with Crippen molar-refractivity contribution >= 4 is 15.9 Å². The second kappa shape index (κ2) is 6.53. The molecule has 2 nitrogen and oxygen atoms in total. The zero-order chi connectivity index (χ0) is 12.9. The van der Waals surface area contributed by atoms with E-state index in [1.165, 1.54) is 5.56 Å². The van der Waals surface area contributed by atoms with E-state index in [2.05, 4.69) is 66.3 Å². The van der Waals surface area contributed by atoms with Gasteiger partial charge in [0.05, 0.1) is 0 Å². The lowest BCUT2D eigenvalue weighted by Gasteiger charge is -2.26. The third-order valence-electron chi connectivity index (χ3n) is 3.05. The molecule has 1 rings (SSSR count). The van der Waals surface area contributed by atoms with E-state index in [-0.39, 0.29) is 12.0 Å². The number of rotatable bonds is 6. The first-order valence-electron chi connectivity index (χ1n) is 6.04. The Labute approximate surface area is 113 Å². The standard InChI is InChI=1S/C14H22BrNO/c1-11(12-4-6-13(15)7-5-12)16-10-14(2,3)8-9-17/h4-7,11,16-17H,8-10H2,1-3H3. The van der Waals surface area contributed by atoms with Crippen LogP contribution in [-0.2, 0) is 0 Å². The molecule has 0 radical (unpaired) electrons. The lowest BCUT2D eigenvalue weighted by atomic mass is 9.89. The quantitative estimate of drug-likeness (QED) is 0.842. The van der Waals surface area contributed by atoms with Gasteiger partial charge in [-0.3, -0.25) is 0 Å². The molecule has 1 aromatic carbocycles. The second-order valence-electron chi connectivity index (χ2n) is 5.29. The highest BCUT2D eigenvalue weighted by atomic mass is 79.9. The predicted molar refractivity (Wildman–Crippen MR) is 76.0 cm³/mol. The monoisotopic (exact) mass is 299 g/mol. The first-order valence-corrected chi connectivity index (χ1v) is 6.83. The van der Waals surface area contributed by atoms with Crippen molar-refractivity contribution in [3.63, 3.8) is 0 Å². The number of aliphatic hydroxyl groups is 1. The number of hydrogen-bond donors (Lipinski definition) is 2. The van der Waals surface area contributed by atoms with Crippen LogP contribution in [0.15, 0.2) is 28.7 Å². The summed E-state index contributed by atoms with van der Waals surface area (Å²) >= 11 is 3.44. The predicted octanol–water partition coefficient (Wildman–Crippen LogP) is 3.51. The SMILES string of the molecule is CC(NCC(C)(C)CCO)c1ccc(Br)cc1. The van der Waals surface area contributed by atoms with Crippen molar-refractivity contribution in [2.24, 2.45) is 5.41 Å². The highest BCUT2D eigenvalue weighted by molar-refractivity contribution is 9.10. The van der Waals surface area contributed by atoms with Gasteiger partial charge in [-0.15, -0.1) is 0 Å². The molecule has 96 valence electrons. The van der Waals surface area contributed by atoms with E-state index in [4.69, 9.17) is 5.11 Å². The summed E-state index contributed by atoms with van der Waals surface area (Å²) in [5, 5.41) is 12.5. The molecule has 1 unspecified atom stereocenters. The third-order valence-corrected chi connectivity index (χ3v) is 3.57. The molecule has 3 heteroatoms. The lowest BCUT2D eigenvalue weighted by molar-refractivity contribution is 0.204. The maximum absolute atomic E-state index is 8.98. The molecular weight excluding hydrogens is 278 g/mol. The van der Waals surface area contributed by atoms with E-state index >= 15 is 0 Å². The first kappa shape index (κ1) is 14.7. The van der Waals surface area contributed by atoms with Gasteiger partial charge >= 0.3 is 0 Å². The van der Waals surface area contributed by atoms with Crippen molar-refractivity contribution in [2.45, 2.75) is 33.2 Å². The van der Waals surface area contributed by atoms with E-state index < -0.39 is 0 Å². The minimum Gasteiger partial charge on any atom is -0.396 e. The van der Waals surface area contributed by atoms with Crippen molar-refractivity contribution in [3.8, 4) is 0 Å². The summed E-state index contributed by atoms with van der Waals surface area (Å²) in [7, 11) is 0. The molecule has 0 heterocycles. The Morgan fingerprint density at radius 1 is 1.29 bits per heavy atom. The Kier molecular flexibility index (Phi) is 5.63. The Bertz CT molecular complexity index is 335. The molecule has 1 aromatic rings. The molecule has 0 bridgehead atoms. The Hall–Kier alpha value is -0.380. The third kappa shape index (κ3) is 5.19. The summed E-state index contributed by atoms with van der Waals surface area (Å²) in [6.45, 7) is 7.67. The van der Waals surface area contributed by atoms with E-state index in [9.17, 15) is 0 Å². The van der Waals surface area contributed by atoms with Crippen LogP contribution in [0.3, 0.4) is 0 Å². The zero-order valence-electron chi connectivity index (χ0n) is 10.8. The fourth-order valence-corrected chi connectivity index (χ4v) is 1.95. The van der Waals surface area contributed by atoms with Gasteiger partial charge in [0.1, 0.15) is 0 Å².